The second-order valence-electron chi connectivity index (χ2n) is 6.61. The van der Waals surface area contributed by atoms with Crippen molar-refractivity contribution < 1.29 is 4.79 Å². The molecule has 8 heteroatoms. The maximum atomic E-state index is 13.3. The first-order valence-electron chi connectivity index (χ1n) is 8.76. The van der Waals surface area contributed by atoms with E-state index in [0.29, 0.717) is 29.4 Å². The number of rotatable bonds is 5. The molecule has 142 valence electrons. The Bertz CT molecular complexity index is 1160. The van der Waals surface area contributed by atoms with Gasteiger partial charge in [0.25, 0.3) is 5.91 Å². The first-order chi connectivity index (χ1) is 13.5. The summed E-state index contributed by atoms with van der Waals surface area (Å²) in [4.78, 5) is 30.6. The summed E-state index contributed by atoms with van der Waals surface area (Å²) in [6, 6.07) is 13.4. The Balaban J connectivity index is 1.73. The number of para-hydroxylation sites is 2. The van der Waals surface area contributed by atoms with Crippen LogP contribution >= 0.6 is 27.3 Å². The number of anilines is 1. The SMILES string of the molecule is CN(C)CCN(C(=O)c1cnc2ccccc2n1)c1nc2ccc(Br)cc2s1. The molecule has 2 aromatic carbocycles. The molecule has 0 N–H and O–H groups in total. The number of nitrogens with zero attached hydrogens (tertiary/aromatic N) is 5. The molecule has 2 aromatic heterocycles. The van der Waals surface area contributed by atoms with Gasteiger partial charge in [-0.25, -0.2) is 9.97 Å². The van der Waals surface area contributed by atoms with E-state index in [2.05, 4.69) is 30.9 Å². The molecule has 0 aliphatic carbocycles. The lowest BCUT2D eigenvalue weighted by Gasteiger charge is -2.21. The number of aromatic nitrogens is 3. The largest absolute Gasteiger partial charge is 0.308 e. The standard InChI is InChI=1S/C20H18BrN5OS/c1-25(2)9-10-26(20-24-16-8-7-13(21)11-18(16)28-20)19(27)17-12-22-14-5-3-4-6-15(14)23-17/h3-8,11-12H,9-10H2,1-2H3. The average molecular weight is 456 g/mol. The molecule has 0 fully saturated rings. The summed E-state index contributed by atoms with van der Waals surface area (Å²) >= 11 is 4.99. The zero-order chi connectivity index (χ0) is 19.7. The molecule has 0 saturated heterocycles. The highest BCUT2D eigenvalue weighted by atomic mass is 79.9. The molecular formula is C20H18BrN5OS. The summed E-state index contributed by atoms with van der Waals surface area (Å²) in [7, 11) is 3.96. The number of hydrogen-bond donors (Lipinski definition) is 0. The predicted molar refractivity (Wildman–Crippen MR) is 117 cm³/mol. The van der Waals surface area contributed by atoms with Gasteiger partial charge in [-0.05, 0) is 44.4 Å². The van der Waals surface area contributed by atoms with Crippen LogP contribution < -0.4 is 4.90 Å². The highest BCUT2D eigenvalue weighted by Gasteiger charge is 2.23. The lowest BCUT2D eigenvalue weighted by molar-refractivity contribution is 0.0980. The molecule has 4 rings (SSSR count). The van der Waals surface area contributed by atoms with Gasteiger partial charge in [0.2, 0.25) is 0 Å². The van der Waals surface area contributed by atoms with Crippen LogP contribution in [0.1, 0.15) is 10.5 Å². The van der Waals surface area contributed by atoms with Crippen molar-refractivity contribution >= 4 is 59.6 Å². The Morgan fingerprint density at radius 3 is 2.61 bits per heavy atom. The smallest absolute Gasteiger partial charge is 0.280 e. The van der Waals surface area contributed by atoms with Crippen molar-refractivity contribution in [1.29, 1.82) is 0 Å². The Hall–Kier alpha value is -2.42. The van der Waals surface area contributed by atoms with Crippen molar-refractivity contribution in [2.24, 2.45) is 0 Å². The number of halogens is 1. The van der Waals surface area contributed by atoms with Crippen LogP contribution in [0.3, 0.4) is 0 Å². The third kappa shape index (κ3) is 3.89. The molecular weight excluding hydrogens is 438 g/mol. The van der Waals surface area contributed by atoms with E-state index in [1.807, 2.05) is 61.5 Å². The summed E-state index contributed by atoms with van der Waals surface area (Å²) in [5.41, 5.74) is 2.66. The third-order valence-electron chi connectivity index (χ3n) is 4.25. The molecule has 0 aliphatic rings. The molecule has 4 aromatic rings. The number of hydrogen-bond acceptors (Lipinski definition) is 6. The van der Waals surface area contributed by atoms with Crippen molar-refractivity contribution in [3.63, 3.8) is 0 Å². The van der Waals surface area contributed by atoms with Gasteiger partial charge in [-0.1, -0.05) is 39.4 Å². The van der Waals surface area contributed by atoms with Crippen LogP contribution in [-0.2, 0) is 0 Å². The van der Waals surface area contributed by atoms with E-state index < -0.39 is 0 Å². The molecule has 0 bridgehead atoms. The minimum atomic E-state index is -0.196. The quantitative estimate of drug-likeness (QED) is 0.450. The predicted octanol–water partition coefficient (Wildman–Crippen LogP) is 4.21. The lowest BCUT2D eigenvalue weighted by atomic mass is 10.3. The monoisotopic (exact) mass is 455 g/mol. The van der Waals surface area contributed by atoms with Gasteiger partial charge in [0.1, 0.15) is 5.69 Å². The van der Waals surface area contributed by atoms with Crippen LogP contribution in [0.15, 0.2) is 53.1 Å². The van der Waals surface area contributed by atoms with E-state index in [-0.39, 0.29) is 5.91 Å². The van der Waals surface area contributed by atoms with Crippen molar-refractivity contribution in [2.75, 3.05) is 32.1 Å². The van der Waals surface area contributed by atoms with Crippen LogP contribution in [0.5, 0.6) is 0 Å². The molecule has 0 aliphatic heterocycles. The summed E-state index contributed by atoms with van der Waals surface area (Å²) in [5.74, 6) is -0.196. The number of thiazole rings is 1. The fraction of sp³-hybridized carbons (Fsp3) is 0.200. The summed E-state index contributed by atoms with van der Waals surface area (Å²) in [5, 5.41) is 0.662. The maximum absolute atomic E-state index is 13.3. The molecule has 1 amide bonds. The van der Waals surface area contributed by atoms with E-state index in [9.17, 15) is 4.79 Å². The first kappa shape index (κ1) is 18.9. The maximum Gasteiger partial charge on any atom is 0.280 e. The van der Waals surface area contributed by atoms with E-state index in [4.69, 9.17) is 0 Å². The zero-order valence-electron chi connectivity index (χ0n) is 15.5. The van der Waals surface area contributed by atoms with E-state index >= 15 is 0 Å². The summed E-state index contributed by atoms with van der Waals surface area (Å²) < 4.78 is 2.01. The van der Waals surface area contributed by atoms with Gasteiger partial charge in [0.15, 0.2) is 5.13 Å². The minimum absolute atomic E-state index is 0.196. The van der Waals surface area contributed by atoms with Crippen molar-refractivity contribution in [3.8, 4) is 0 Å². The van der Waals surface area contributed by atoms with E-state index in [1.165, 1.54) is 17.5 Å². The third-order valence-corrected chi connectivity index (χ3v) is 5.79. The van der Waals surface area contributed by atoms with Crippen LogP contribution in [0.4, 0.5) is 5.13 Å². The number of benzene rings is 2. The number of fused-ring (bicyclic) bond motifs is 2. The topological polar surface area (TPSA) is 62.2 Å². The normalized spacial score (nSPS) is 11.4. The molecule has 0 atom stereocenters. The lowest BCUT2D eigenvalue weighted by Crippen LogP contribution is -2.37. The summed E-state index contributed by atoms with van der Waals surface area (Å²) in [6.45, 7) is 1.23. The molecule has 6 nitrogen and oxygen atoms in total. The number of likely N-dealkylation sites (N-methyl/N-ethyl adjacent to an activating group) is 1. The Labute approximate surface area is 175 Å². The van der Waals surface area contributed by atoms with Gasteiger partial charge in [-0.2, -0.15) is 0 Å². The van der Waals surface area contributed by atoms with Crippen molar-refractivity contribution in [3.05, 3.63) is 58.8 Å². The number of carbonyl (C=O) groups excluding carboxylic acids is 1. The molecule has 0 radical (unpaired) electrons. The zero-order valence-corrected chi connectivity index (χ0v) is 17.9. The van der Waals surface area contributed by atoms with Gasteiger partial charge in [-0.3, -0.25) is 14.7 Å². The average Bonchev–Trinajstić information content (AvgIpc) is 3.10. The highest BCUT2D eigenvalue weighted by Crippen LogP contribution is 2.31. The Kier molecular flexibility index (Phi) is 5.34. The van der Waals surface area contributed by atoms with Crippen molar-refractivity contribution in [1.82, 2.24) is 19.9 Å². The van der Waals surface area contributed by atoms with Gasteiger partial charge < -0.3 is 4.90 Å². The van der Waals surface area contributed by atoms with Crippen molar-refractivity contribution in [2.45, 2.75) is 0 Å². The fourth-order valence-electron chi connectivity index (χ4n) is 2.78. The van der Waals surface area contributed by atoms with Crippen LogP contribution in [0.2, 0.25) is 0 Å². The second-order valence-corrected chi connectivity index (χ2v) is 8.54. The number of carbonyl (C=O) groups is 1. The van der Waals surface area contributed by atoms with Gasteiger partial charge in [-0.15, -0.1) is 0 Å². The highest BCUT2D eigenvalue weighted by molar-refractivity contribution is 9.10. The molecule has 28 heavy (non-hydrogen) atoms. The van der Waals surface area contributed by atoms with Crippen LogP contribution in [-0.4, -0.2) is 52.9 Å². The minimum Gasteiger partial charge on any atom is -0.308 e. The summed E-state index contributed by atoms with van der Waals surface area (Å²) in [6.07, 6.45) is 1.54. The Morgan fingerprint density at radius 2 is 1.82 bits per heavy atom. The van der Waals surface area contributed by atoms with Crippen LogP contribution in [0, 0.1) is 0 Å². The first-order valence-corrected chi connectivity index (χ1v) is 10.4. The molecule has 2 heterocycles. The van der Waals surface area contributed by atoms with E-state index in [0.717, 1.165) is 20.2 Å². The second kappa shape index (κ2) is 7.90. The van der Waals surface area contributed by atoms with Crippen LogP contribution in [0.25, 0.3) is 21.3 Å². The fourth-order valence-corrected chi connectivity index (χ4v) is 4.33. The number of amides is 1. The Morgan fingerprint density at radius 1 is 1.04 bits per heavy atom. The van der Waals surface area contributed by atoms with Gasteiger partial charge in [0, 0.05) is 17.6 Å². The molecule has 0 saturated carbocycles. The van der Waals surface area contributed by atoms with E-state index in [1.54, 1.807) is 4.90 Å². The molecule has 0 unspecified atom stereocenters. The molecule has 0 spiro atoms. The van der Waals surface area contributed by atoms with Gasteiger partial charge in [0.05, 0.1) is 27.4 Å². The van der Waals surface area contributed by atoms with Gasteiger partial charge >= 0.3 is 0 Å².